The Balaban J connectivity index is 1.23. The maximum atomic E-state index is 13.3. The minimum Gasteiger partial charge on any atom is -0.396 e. The van der Waals surface area contributed by atoms with Gasteiger partial charge in [-0.15, -0.1) is 0 Å². The Kier molecular flexibility index (Phi) is 7.76. The van der Waals surface area contributed by atoms with E-state index in [0.29, 0.717) is 12.6 Å². The van der Waals surface area contributed by atoms with E-state index in [1.165, 1.54) is 6.07 Å². The van der Waals surface area contributed by atoms with E-state index >= 15 is 0 Å². The van der Waals surface area contributed by atoms with Crippen molar-refractivity contribution in [3.05, 3.63) is 65.5 Å². The number of nitrogens with one attached hydrogen (secondary N) is 1. The normalized spacial score (nSPS) is 19.9. The fourth-order valence-electron chi connectivity index (χ4n) is 4.85. The number of halogens is 1. The second-order valence-corrected chi connectivity index (χ2v) is 9.08. The van der Waals surface area contributed by atoms with E-state index in [4.69, 9.17) is 0 Å². The maximum Gasteiger partial charge on any atom is 0.253 e. The van der Waals surface area contributed by atoms with Crippen LogP contribution in [0.15, 0.2) is 48.5 Å². The number of aliphatic hydroxyl groups is 1. The van der Waals surface area contributed by atoms with Gasteiger partial charge in [-0.1, -0.05) is 12.1 Å². The van der Waals surface area contributed by atoms with Gasteiger partial charge in [0.15, 0.2) is 0 Å². The summed E-state index contributed by atoms with van der Waals surface area (Å²) in [6, 6.07) is 15.3. The Morgan fingerprint density at radius 2 is 1.84 bits per heavy atom. The number of aliphatic hydroxyl groups excluding tert-OH is 1. The molecule has 1 amide bonds. The third-order valence-electron chi connectivity index (χ3n) is 6.77. The average Bonchev–Trinajstić information content (AvgIpc) is 2.84. The van der Waals surface area contributed by atoms with Crippen LogP contribution in [0.2, 0.25) is 0 Å². The zero-order valence-electron chi connectivity index (χ0n) is 18.7. The molecule has 4 rings (SSSR count). The van der Waals surface area contributed by atoms with Gasteiger partial charge in [0.1, 0.15) is 5.82 Å². The first-order chi connectivity index (χ1) is 15.6. The molecule has 2 N–H and O–H groups in total. The molecule has 2 heterocycles. The lowest BCUT2D eigenvalue weighted by Crippen LogP contribution is -2.43. The van der Waals surface area contributed by atoms with Gasteiger partial charge in [-0.2, -0.15) is 0 Å². The van der Waals surface area contributed by atoms with Gasteiger partial charge in [-0.05, 0) is 86.5 Å². The molecular weight excluding hydrogens is 405 g/mol. The highest BCUT2D eigenvalue weighted by atomic mass is 19.1. The van der Waals surface area contributed by atoms with Crippen molar-refractivity contribution in [2.75, 3.05) is 44.2 Å². The van der Waals surface area contributed by atoms with Crippen LogP contribution in [0.3, 0.4) is 0 Å². The second kappa shape index (κ2) is 10.9. The summed E-state index contributed by atoms with van der Waals surface area (Å²) in [6.07, 6.45) is 4.93. The molecular formula is C26H34FN3O2. The van der Waals surface area contributed by atoms with Crippen LogP contribution >= 0.6 is 0 Å². The number of carbonyl (C=O) groups is 1. The van der Waals surface area contributed by atoms with Crippen LogP contribution in [-0.2, 0) is 6.42 Å². The summed E-state index contributed by atoms with van der Waals surface area (Å²) in [6.45, 7) is 4.40. The number of piperidine rings is 2. The van der Waals surface area contributed by atoms with Crippen LogP contribution in [0.4, 0.5) is 10.1 Å². The number of amides is 1. The molecule has 2 aliphatic heterocycles. The van der Waals surface area contributed by atoms with E-state index < -0.39 is 0 Å². The van der Waals surface area contributed by atoms with Crippen LogP contribution in [0, 0.1) is 11.7 Å². The smallest absolute Gasteiger partial charge is 0.253 e. The highest BCUT2D eigenvalue weighted by Crippen LogP contribution is 2.23. The van der Waals surface area contributed by atoms with Gasteiger partial charge in [0.25, 0.3) is 5.91 Å². The molecule has 0 aliphatic carbocycles. The summed E-state index contributed by atoms with van der Waals surface area (Å²) in [5.74, 6) is 0.0976. The molecule has 0 radical (unpaired) electrons. The Labute approximate surface area is 190 Å². The van der Waals surface area contributed by atoms with Crippen LogP contribution in [0.5, 0.6) is 0 Å². The first-order valence-corrected chi connectivity index (χ1v) is 11.9. The summed E-state index contributed by atoms with van der Waals surface area (Å²) in [5, 5.41) is 13.0. The Bertz CT molecular complexity index is 881. The van der Waals surface area contributed by atoms with Gasteiger partial charge in [0.2, 0.25) is 0 Å². The lowest BCUT2D eigenvalue weighted by molar-refractivity contribution is 0.0620. The van der Waals surface area contributed by atoms with Crippen molar-refractivity contribution in [2.45, 2.75) is 38.1 Å². The molecule has 6 heteroatoms. The van der Waals surface area contributed by atoms with E-state index in [-0.39, 0.29) is 24.2 Å². The predicted molar refractivity (Wildman–Crippen MR) is 125 cm³/mol. The highest BCUT2D eigenvalue weighted by molar-refractivity contribution is 5.94. The maximum absolute atomic E-state index is 13.3. The van der Waals surface area contributed by atoms with E-state index in [2.05, 4.69) is 22.3 Å². The number of carbonyl (C=O) groups excluding carboxylic acids is 1. The van der Waals surface area contributed by atoms with E-state index in [1.54, 1.807) is 12.1 Å². The molecule has 0 aromatic heterocycles. The van der Waals surface area contributed by atoms with Crippen LogP contribution < -0.4 is 10.2 Å². The molecule has 0 spiro atoms. The number of rotatable bonds is 7. The fourth-order valence-corrected chi connectivity index (χ4v) is 4.85. The SMILES string of the molecule is O=C(c1ccc(N2CCC(NCCc3cccc(F)c3)CC2)cc1)N1CCCC(CO)C1. The van der Waals surface area contributed by atoms with Crippen molar-refractivity contribution in [1.82, 2.24) is 10.2 Å². The monoisotopic (exact) mass is 439 g/mol. The van der Waals surface area contributed by atoms with Crippen LogP contribution in [0.25, 0.3) is 0 Å². The van der Waals surface area contributed by atoms with Gasteiger partial charge >= 0.3 is 0 Å². The third-order valence-corrected chi connectivity index (χ3v) is 6.77. The standard InChI is InChI=1S/C26H34FN3O2/c27-23-5-1-3-20(17-23)10-13-28-24-11-15-29(16-12-24)25-8-6-22(7-9-25)26(32)30-14-2-4-21(18-30)19-31/h1,3,5-9,17,21,24,28,31H,2,4,10-16,18-19H2. The molecule has 1 atom stereocenters. The van der Waals surface area contributed by atoms with Gasteiger partial charge < -0.3 is 20.2 Å². The van der Waals surface area contributed by atoms with E-state index in [9.17, 15) is 14.3 Å². The van der Waals surface area contributed by atoms with Crippen molar-refractivity contribution in [2.24, 2.45) is 5.92 Å². The number of hydrogen-bond acceptors (Lipinski definition) is 4. The molecule has 0 bridgehead atoms. The molecule has 2 aromatic rings. The van der Waals surface area contributed by atoms with Gasteiger partial charge in [-0.25, -0.2) is 4.39 Å². The zero-order valence-corrected chi connectivity index (χ0v) is 18.7. The first kappa shape index (κ1) is 22.7. The van der Waals surface area contributed by atoms with Crippen LogP contribution in [-0.4, -0.2) is 61.3 Å². The first-order valence-electron chi connectivity index (χ1n) is 11.9. The quantitative estimate of drug-likeness (QED) is 0.694. The molecule has 2 aliphatic rings. The van der Waals surface area contributed by atoms with E-state index in [0.717, 1.165) is 75.1 Å². The third kappa shape index (κ3) is 5.87. The molecule has 0 saturated carbocycles. The molecule has 2 aromatic carbocycles. The minimum absolute atomic E-state index is 0.0657. The Hall–Kier alpha value is -2.44. The molecule has 5 nitrogen and oxygen atoms in total. The lowest BCUT2D eigenvalue weighted by Gasteiger charge is -2.34. The largest absolute Gasteiger partial charge is 0.396 e. The summed E-state index contributed by atoms with van der Waals surface area (Å²) in [5.41, 5.74) is 2.91. The molecule has 172 valence electrons. The zero-order chi connectivity index (χ0) is 22.3. The van der Waals surface area contributed by atoms with Crippen molar-refractivity contribution < 1.29 is 14.3 Å². The summed E-state index contributed by atoms with van der Waals surface area (Å²) < 4.78 is 13.3. The number of likely N-dealkylation sites (tertiary alicyclic amines) is 1. The molecule has 2 fully saturated rings. The number of hydrogen-bond donors (Lipinski definition) is 2. The van der Waals surface area contributed by atoms with Gasteiger partial charge in [0, 0.05) is 50.1 Å². The fraction of sp³-hybridized carbons (Fsp3) is 0.500. The van der Waals surface area contributed by atoms with Gasteiger partial charge in [0.05, 0.1) is 0 Å². The summed E-state index contributed by atoms with van der Waals surface area (Å²) in [7, 11) is 0. The Morgan fingerprint density at radius 1 is 1.06 bits per heavy atom. The summed E-state index contributed by atoms with van der Waals surface area (Å²) >= 11 is 0. The predicted octanol–water partition coefficient (Wildman–Crippen LogP) is 3.47. The highest BCUT2D eigenvalue weighted by Gasteiger charge is 2.24. The van der Waals surface area contributed by atoms with Crippen molar-refractivity contribution >= 4 is 11.6 Å². The topological polar surface area (TPSA) is 55.8 Å². The number of nitrogens with zero attached hydrogens (tertiary/aromatic N) is 2. The molecule has 2 saturated heterocycles. The van der Waals surface area contributed by atoms with Crippen molar-refractivity contribution in [3.8, 4) is 0 Å². The average molecular weight is 440 g/mol. The number of benzene rings is 2. The Morgan fingerprint density at radius 3 is 2.56 bits per heavy atom. The molecule has 1 unspecified atom stereocenters. The lowest BCUT2D eigenvalue weighted by atomic mass is 9.98. The summed E-state index contributed by atoms with van der Waals surface area (Å²) in [4.78, 5) is 17.1. The molecule has 32 heavy (non-hydrogen) atoms. The van der Waals surface area contributed by atoms with Crippen molar-refractivity contribution in [1.29, 1.82) is 0 Å². The minimum atomic E-state index is -0.172. The van der Waals surface area contributed by atoms with Crippen LogP contribution in [0.1, 0.15) is 41.6 Å². The number of anilines is 1. The van der Waals surface area contributed by atoms with E-state index in [1.807, 2.05) is 23.1 Å². The second-order valence-electron chi connectivity index (χ2n) is 9.08. The van der Waals surface area contributed by atoms with Gasteiger partial charge in [-0.3, -0.25) is 4.79 Å². The van der Waals surface area contributed by atoms with Crippen molar-refractivity contribution in [3.63, 3.8) is 0 Å².